The van der Waals surface area contributed by atoms with Gasteiger partial charge in [-0.25, -0.2) is 0 Å². The summed E-state index contributed by atoms with van der Waals surface area (Å²) in [5.74, 6) is 0. The lowest BCUT2D eigenvalue weighted by Gasteiger charge is -2.28. The highest BCUT2D eigenvalue weighted by atomic mass is 15.1. The zero-order valence-electron chi connectivity index (χ0n) is 10.2. The first-order valence-corrected chi connectivity index (χ1v) is 5.63. The van der Waals surface area contributed by atoms with Crippen molar-refractivity contribution in [3.8, 4) is 6.07 Å². The van der Waals surface area contributed by atoms with E-state index in [0.29, 0.717) is 17.3 Å². The van der Waals surface area contributed by atoms with Gasteiger partial charge in [0, 0.05) is 13.1 Å². The van der Waals surface area contributed by atoms with Crippen LogP contribution in [-0.4, -0.2) is 13.1 Å². The molecule has 1 atom stereocenters. The molecule has 3 heteroatoms. The number of para-hydroxylation sites is 1. The van der Waals surface area contributed by atoms with E-state index in [1.165, 1.54) is 0 Å². The van der Waals surface area contributed by atoms with Crippen molar-refractivity contribution in [1.29, 1.82) is 5.26 Å². The molecule has 2 N–H and O–H groups in total. The Morgan fingerprint density at radius 2 is 2.19 bits per heavy atom. The summed E-state index contributed by atoms with van der Waals surface area (Å²) in [5.41, 5.74) is 8.04. The van der Waals surface area contributed by atoms with Crippen molar-refractivity contribution in [1.82, 2.24) is 0 Å². The summed E-state index contributed by atoms with van der Waals surface area (Å²) in [5, 5.41) is 8.92. The lowest BCUT2D eigenvalue weighted by Crippen LogP contribution is -2.29. The van der Waals surface area contributed by atoms with Crippen molar-refractivity contribution in [2.45, 2.75) is 32.7 Å². The molecule has 1 unspecified atom stereocenters. The topological polar surface area (TPSA) is 53.0 Å². The van der Waals surface area contributed by atoms with E-state index in [9.17, 15) is 0 Å². The highest BCUT2D eigenvalue weighted by Crippen LogP contribution is 2.27. The number of nitrogens with two attached hydrogens (primary N) is 1. The maximum atomic E-state index is 8.92. The molecule has 0 saturated carbocycles. The van der Waals surface area contributed by atoms with Crippen LogP contribution in [0.15, 0.2) is 18.2 Å². The molecule has 0 heterocycles. The van der Waals surface area contributed by atoms with E-state index in [-0.39, 0.29) is 0 Å². The van der Waals surface area contributed by atoms with Crippen molar-refractivity contribution >= 4 is 11.4 Å². The first-order chi connectivity index (χ1) is 7.61. The molecule has 0 bridgehead atoms. The molecule has 0 fully saturated rings. The first kappa shape index (κ1) is 12.4. The summed E-state index contributed by atoms with van der Waals surface area (Å²) in [7, 11) is 2.02. The maximum Gasteiger partial charge on any atom is 0.101 e. The van der Waals surface area contributed by atoms with Crippen molar-refractivity contribution in [3.63, 3.8) is 0 Å². The van der Waals surface area contributed by atoms with Crippen LogP contribution in [-0.2, 0) is 0 Å². The van der Waals surface area contributed by atoms with Gasteiger partial charge < -0.3 is 10.6 Å². The van der Waals surface area contributed by atoms with Gasteiger partial charge >= 0.3 is 0 Å². The average molecular weight is 217 g/mol. The summed E-state index contributed by atoms with van der Waals surface area (Å²) >= 11 is 0. The van der Waals surface area contributed by atoms with Crippen molar-refractivity contribution in [3.05, 3.63) is 23.8 Å². The molecule has 1 aromatic rings. The molecule has 0 saturated heterocycles. The molecular weight excluding hydrogens is 198 g/mol. The van der Waals surface area contributed by atoms with Crippen LogP contribution < -0.4 is 10.6 Å². The van der Waals surface area contributed by atoms with Crippen LogP contribution in [0.3, 0.4) is 0 Å². The van der Waals surface area contributed by atoms with Crippen LogP contribution in [0.1, 0.15) is 32.3 Å². The molecule has 3 nitrogen and oxygen atoms in total. The minimum absolute atomic E-state index is 0.432. The van der Waals surface area contributed by atoms with Crippen LogP contribution in [0, 0.1) is 11.3 Å². The number of hydrogen-bond acceptors (Lipinski definition) is 3. The number of hydrogen-bond donors (Lipinski definition) is 1. The molecule has 1 rings (SSSR count). The first-order valence-electron chi connectivity index (χ1n) is 5.63. The van der Waals surface area contributed by atoms with E-state index >= 15 is 0 Å². The normalized spacial score (nSPS) is 11.9. The van der Waals surface area contributed by atoms with Gasteiger partial charge in [-0.1, -0.05) is 19.4 Å². The number of benzene rings is 1. The summed E-state index contributed by atoms with van der Waals surface area (Å²) in [6.07, 6.45) is 2.26. The molecule has 86 valence electrons. The predicted octanol–water partition coefficient (Wildman–Crippen LogP) is 2.77. The SMILES string of the molecule is CCCC(C)N(C)c1cccc(C#N)c1N. The minimum Gasteiger partial charge on any atom is -0.396 e. The summed E-state index contributed by atoms with van der Waals surface area (Å²) in [4.78, 5) is 2.14. The van der Waals surface area contributed by atoms with E-state index in [2.05, 4.69) is 24.8 Å². The number of nitrogens with zero attached hydrogens (tertiary/aromatic N) is 2. The highest BCUT2D eigenvalue weighted by molar-refractivity contribution is 5.73. The summed E-state index contributed by atoms with van der Waals surface area (Å²) < 4.78 is 0. The Balaban J connectivity index is 3.00. The zero-order chi connectivity index (χ0) is 12.1. The van der Waals surface area contributed by atoms with E-state index in [1.807, 2.05) is 19.2 Å². The molecule has 0 aliphatic carbocycles. The Labute approximate surface area is 97.5 Å². The predicted molar refractivity (Wildman–Crippen MR) is 68.3 cm³/mol. The van der Waals surface area contributed by atoms with Crippen LogP contribution >= 0.6 is 0 Å². The smallest absolute Gasteiger partial charge is 0.101 e. The van der Waals surface area contributed by atoms with E-state index < -0.39 is 0 Å². The number of nitriles is 1. The minimum atomic E-state index is 0.432. The Morgan fingerprint density at radius 3 is 2.75 bits per heavy atom. The summed E-state index contributed by atoms with van der Waals surface area (Å²) in [6, 6.07) is 8.12. The van der Waals surface area contributed by atoms with Gasteiger partial charge in [-0.05, 0) is 25.5 Å². The third kappa shape index (κ3) is 2.46. The van der Waals surface area contributed by atoms with Crippen molar-refractivity contribution in [2.24, 2.45) is 0 Å². The number of nitrogen functional groups attached to an aromatic ring is 1. The molecular formula is C13H19N3. The van der Waals surface area contributed by atoms with Gasteiger partial charge in [-0.3, -0.25) is 0 Å². The molecule has 16 heavy (non-hydrogen) atoms. The maximum absolute atomic E-state index is 8.92. The van der Waals surface area contributed by atoms with E-state index in [4.69, 9.17) is 11.0 Å². The molecule has 0 amide bonds. The lowest BCUT2D eigenvalue weighted by atomic mass is 10.1. The molecule has 0 aromatic heterocycles. The molecule has 0 spiro atoms. The number of rotatable bonds is 4. The van der Waals surface area contributed by atoms with Gasteiger partial charge in [-0.15, -0.1) is 0 Å². The second kappa shape index (κ2) is 5.41. The van der Waals surface area contributed by atoms with Gasteiger partial charge in [0.15, 0.2) is 0 Å². The van der Waals surface area contributed by atoms with Crippen LogP contribution in [0.2, 0.25) is 0 Å². The molecule has 1 aromatic carbocycles. The fourth-order valence-corrected chi connectivity index (χ4v) is 1.81. The molecule has 0 radical (unpaired) electrons. The monoisotopic (exact) mass is 217 g/mol. The average Bonchev–Trinajstić information content (AvgIpc) is 2.29. The largest absolute Gasteiger partial charge is 0.396 e. The van der Waals surface area contributed by atoms with Gasteiger partial charge in [-0.2, -0.15) is 5.26 Å². The second-order valence-corrected chi connectivity index (χ2v) is 4.10. The van der Waals surface area contributed by atoms with Crippen LogP contribution in [0.25, 0.3) is 0 Å². The quantitative estimate of drug-likeness (QED) is 0.789. The van der Waals surface area contributed by atoms with Crippen molar-refractivity contribution < 1.29 is 0 Å². The second-order valence-electron chi connectivity index (χ2n) is 4.10. The van der Waals surface area contributed by atoms with Gasteiger partial charge in [0.2, 0.25) is 0 Å². The molecule has 0 aliphatic rings. The Bertz CT molecular complexity index is 393. The highest BCUT2D eigenvalue weighted by Gasteiger charge is 2.13. The number of anilines is 2. The zero-order valence-corrected chi connectivity index (χ0v) is 10.2. The third-order valence-corrected chi connectivity index (χ3v) is 2.95. The van der Waals surface area contributed by atoms with E-state index in [1.54, 1.807) is 6.07 Å². The summed E-state index contributed by atoms with van der Waals surface area (Å²) in [6.45, 7) is 4.33. The lowest BCUT2D eigenvalue weighted by molar-refractivity contribution is 0.616. The van der Waals surface area contributed by atoms with E-state index in [0.717, 1.165) is 18.5 Å². The fraction of sp³-hybridized carbons (Fsp3) is 0.462. The fourth-order valence-electron chi connectivity index (χ4n) is 1.81. The Hall–Kier alpha value is -1.69. The van der Waals surface area contributed by atoms with Crippen LogP contribution in [0.4, 0.5) is 11.4 Å². The standard InChI is InChI=1S/C13H19N3/c1-4-6-10(2)16(3)12-8-5-7-11(9-14)13(12)15/h5,7-8,10H,4,6,15H2,1-3H3. The third-order valence-electron chi connectivity index (χ3n) is 2.95. The van der Waals surface area contributed by atoms with Crippen molar-refractivity contribution in [2.75, 3.05) is 17.7 Å². The van der Waals surface area contributed by atoms with Gasteiger partial charge in [0.25, 0.3) is 0 Å². The van der Waals surface area contributed by atoms with Gasteiger partial charge in [0.1, 0.15) is 6.07 Å². The van der Waals surface area contributed by atoms with Gasteiger partial charge in [0.05, 0.1) is 16.9 Å². The molecule has 0 aliphatic heterocycles. The Morgan fingerprint density at radius 1 is 1.50 bits per heavy atom. The van der Waals surface area contributed by atoms with Crippen LogP contribution in [0.5, 0.6) is 0 Å². The Kier molecular flexibility index (Phi) is 4.19.